The number of rotatable bonds is 13. The average Bonchev–Trinajstić information content (AvgIpc) is 3.51. The molecule has 3 amide bonds. The summed E-state index contributed by atoms with van der Waals surface area (Å²) in [5, 5.41) is 8.41. The fourth-order valence-corrected chi connectivity index (χ4v) is 9.33. The molecular formula is C43H51ClN8O6S. The zero-order valence-electron chi connectivity index (χ0n) is 34.2. The van der Waals surface area contributed by atoms with Crippen LogP contribution in [0.5, 0.6) is 5.75 Å². The number of imide groups is 1. The lowest BCUT2D eigenvalue weighted by Gasteiger charge is -2.38. The van der Waals surface area contributed by atoms with E-state index >= 15 is 0 Å². The summed E-state index contributed by atoms with van der Waals surface area (Å²) in [6.07, 6.45) is 3.85. The molecule has 3 aromatic carbocycles. The SMILES string of the molecule is Cc1cc(Nc2ncc(Cl)c(Nc3ccccc3S(=O)(=O)C(C)C)n2)c(OC(C)C)cc1N1CCC(N(C)Cc2ccc3c(c2)CN(C2CCC(=O)NC2=O)C3=O)CC1. The number of ether oxygens (including phenoxy) is 1. The molecule has 59 heavy (non-hydrogen) atoms. The molecule has 0 saturated carbocycles. The molecule has 0 radical (unpaired) electrons. The molecule has 3 aliphatic heterocycles. The second kappa shape index (κ2) is 17.2. The Hall–Kier alpha value is -5.25. The van der Waals surface area contributed by atoms with Crippen LogP contribution in [0, 0.1) is 6.92 Å². The molecule has 0 aliphatic carbocycles. The van der Waals surface area contributed by atoms with Crippen LogP contribution in [-0.2, 0) is 32.5 Å². The number of amides is 3. The zero-order valence-corrected chi connectivity index (χ0v) is 35.8. The smallest absolute Gasteiger partial charge is 0.255 e. The number of aryl methyl sites for hydroxylation is 1. The lowest BCUT2D eigenvalue weighted by Crippen LogP contribution is -2.52. The van der Waals surface area contributed by atoms with Crippen molar-refractivity contribution in [3.8, 4) is 5.75 Å². The number of nitrogens with one attached hydrogen (secondary N) is 3. The number of anilines is 5. The highest BCUT2D eigenvalue weighted by Gasteiger charge is 2.39. The van der Waals surface area contributed by atoms with E-state index in [1.807, 2.05) is 32.0 Å². The van der Waals surface area contributed by atoms with E-state index in [0.29, 0.717) is 41.7 Å². The van der Waals surface area contributed by atoms with E-state index in [1.165, 1.54) is 6.20 Å². The largest absolute Gasteiger partial charge is 0.489 e. The zero-order chi connectivity index (χ0) is 42.2. The minimum atomic E-state index is -3.58. The van der Waals surface area contributed by atoms with Gasteiger partial charge in [-0.25, -0.2) is 13.4 Å². The van der Waals surface area contributed by atoms with Crippen molar-refractivity contribution in [3.63, 3.8) is 0 Å². The van der Waals surface area contributed by atoms with Gasteiger partial charge in [0.2, 0.25) is 17.8 Å². The van der Waals surface area contributed by atoms with E-state index in [1.54, 1.807) is 43.0 Å². The maximum atomic E-state index is 13.2. The van der Waals surface area contributed by atoms with Crippen LogP contribution in [0.3, 0.4) is 0 Å². The minimum absolute atomic E-state index is 0.105. The van der Waals surface area contributed by atoms with Gasteiger partial charge in [0.05, 0.1) is 33.8 Å². The van der Waals surface area contributed by atoms with Crippen molar-refractivity contribution in [3.05, 3.63) is 88.1 Å². The van der Waals surface area contributed by atoms with Gasteiger partial charge in [0, 0.05) is 56.0 Å². The Kier molecular flexibility index (Phi) is 12.2. The topological polar surface area (TPSA) is 166 Å². The highest BCUT2D eigenvalue weighted by molar-refractivity contribution is 7.92. The lowest BCUT2D eigenvalue weighted by molar-refractivity contribution is -0.136. The Bertz CT molecular complexity index is 2380. The molecular weight excluding hydrogens is 792 g/mol. The molecule has 7 rings (SSSR count). The van der Waals surface area contributed by atoms with Crippen LogP contribution < -0.4 is 25.6 Å². The van der Waals surface area contributed by atoms with Gasteiger partial charge >= 0.3 is 0 Å². The van der Waals surface area contributed by atoms with Crippen molar-refractivity contribution < 1.29 is 27.5 Å². The van der Waals surface area contributed by atoms with Crippen LogP contribution in [0.4, 0.5) is 28.8 Å². The van der Waals surface area contributed by atoms with Gasteiger partial charge in [0.15, 0.2) is 15.7 Å². The van der Waals surface area contributed by atoms with Gasteiger partial charge in [-0.3, -0.25) is 24.6 Å². The molecule has 0 bridgehead atoms. The Morgan fingerprint density at radius 2 is 1.73 bits per heavy atom. The molecule has 4 aromatic rings. The van der Waals surface area contributed by atoms with Crippen molar-refractivity contribution in [2.75, 3.05) is 35.7 Å². The van der Waals surface area contributed by atoms with Gasteiger partial charge in [-0.1, -0.05) is 35.9 Å². The molecule has 1 atom stereocenters. The fourth-order valence-electron chi connectivity index (χ4n) is 7.99. The standard InChI is InChI=1S/C43H51ClN8O6S/c1-25(2)58-37-21-36(27(5)19-34(37)47-43-45-22-32(44)40(49-43)46-33-9-7-8-10-38(33)59(56,57)26(3)4)51-17-15-30(16-18-51)50(6)23-28-11-12-31-29(20-28)24-52(42(31)55)35-13-14-39(53)48-41(35)54/h7-12,19-22,25-26,30,35H,13-18,23-24H2,1-6H3,(H,48,53,54)(H2,45,46,47,49). The van der Waals surface area contributed by atoms with Gasteiger partial charge < -0.3 is 25.2 Å². The van der Waals surface area contributed by atoms with Crippen LogP contribution in [-0.4, -0.2) is 89.5 Å². The summed E-state index contributed by atoms with van der Waals surface area (Å²) in [4.78, 5) is 52.9. The summed E-state index contributed by atoms with van der Waals surface area (Å²) < 4.78 is 32.5. The third-order valence-corrected chi connectivity index (χ3v) is 13.7. The molecule has 3 aliphatic rings. The first-order valence-corrected chi connectivity index (χ1v) is 21.9. The lowest BCUT2D eigenvalue weighted by atomic mass is 10.00. The molecule has 312 valence electrons. The van der Waals surface area contributed by atoms with Gasteiger partial charge in [0.25, 0.3) is 5.91 Å². The molecule has 2 saturated heterocycles. The van der Waals surface area contributed by atoms with Crippen molar-refractivity contribution in [1.29, 1.82) is 0 Å². The molecule has 2 fully saturated rings. The Morgan fingerprint density at radius 1 is 0.983 bits per heavy atom. The summed E-state index contributed by atoms with van der Waals surface area (Å²) in [6.45, 7) is 12.1. The molecule has 1 unspecified atom stereocenters. The maximum absolute atomic E-state index is 13.2. The summed E-state index contributed by atoms with van der Waals surface area (Å²) in [6, 6.07) is 16.4. The van der Waals surface area contributed by atoms with E-state index in [2.05, 4.69) is 61.8 Å². The number of carbonyl (C=O) groups excluding carboxylic acids is 3. The molecule has 1 aromatic heterocycles. The van der Waals surface area contributed by atoms with Crippen LogP contribution in [0.25, 0.3) is 0 Å². The maximum Gasteiger partial charge on any atom is 0.255 e. The second-order valence-electron chi connectivity index (χ2n) is 16.1. The first kappa shape index (κ1) is 41.9. The Labute approximate surface area is 350 Å². The van der Waals surface area contributed by atoms with Gasteiger partial charge in [-0.2, -0.15) is 4.98 Å². The van der Waals surface area contributed by atoms with E-state index in [-0.39, 0.29) is 46.0 Å². The number of hydrogen-bond acceptors (Lipinski definition) is 12. The van der Waals surface area contributed by atoms with Crippen molar-refractivity contribution in [1.82, 2.24) is 25.1 Å². The van der Waals surface area contributed by atoms with Crippen molar-refractivity contribution >= 4 is 68.0 Å². The van der Waals surface area contributed by atoms with Crippen molar-refractivity contribution in [2.24, 2.45) is 0 Å². The number of halogens is 1. The molecule has 3 N–H and O–H groups in total. The number of hydrogen-bond donors (Lipinski definition) is 3. The summed E-state index contributed by atoms with van der Waals surface area (Å²) >= 11 is 6.51. The first-order valence-electron chi connectivity index (χ1n) is 20.0. The van der Waals surface area contributed by atoms with E-state index < -0.39 is 27.0 Å². The highest BCUT2D eigenvalue weighted by atomic mass is 35.5. The van der Waals surface area contributed by atoms with E-state index in [0.717, 1.165) is 54.9 Å². The average molecular weight is 843 g/mol. The Morgan fingerprint density at radius 3 is 2.44 bits per heavy atom. The summed E-state index contributed by atoms with van der Waals surface area (Å²) in [5.41, 5.74) is 5.82. The van der Waals surface area contributed by atoms with E-state index in [4.69, 9.17) is 16.3 Å². The highest BCUT2D eigenvalue weighted by Crippen LogP contribution is 2.38. The first-order chi connectivity index (χ1) is 28.1. The van der Waals surface area contributed by atoms with Crippen LogP contribution in [0.1, 0.15) is 80.4 Å². The number of para-hydroxylation sites is 1. The third kappa shape index (κ3) is 9.02. The fraction of sp³-hybridized carbons (Fsp3) is 0.419. The normalized spacial score (nSPS) is 17.5. The van der Waals surface area contributed by atoms with Gasteiger partial charge in [-0.15, -0.1) is 0 Å². The second-order valence-corrected chi connectivity index (χ2v) is 18.9. The van der Waals surface area contributed by atoms with E-state index in [9.17, 15) is 22.8 Å². The third-order valence-electron chi connectivity index (χ3n) is 11.2. The van der Waals surface area contributed by atoms with Gasteiger partial charge in [-0.05, 0) is 102 Å². The summed E-state index contributed by atoms with van der Waals surface area (Å²) in [5.74, 6) is 0.294. The number of carbonyl (C=O) groups is 3. The number of benzene rings is 3. The predicted molar refractivity (Wildman–Crippen MR) is 229 cm³/mol. The number of sulfone groups is 1. The van der Waals surface area contributed by atoms with Gasteiger partial charge in [0.1, 0.15) is 16.8 Å². The van der Waals surface area contributed by atoms with Crippen LogP contribution >= 0.6 is 11.6 Å². The number of nitrogens with zero attached hydrogens (tertiary/aromatic N) is 5. The molecule has 16 heteroatoms. The predicted octanol–water partition coefficient (Wildman–Crippen LogP) is 6.76. The summed E-state index contributed by atoms with van der Waals surface area (Å²) in [7, 11) is -1.44. The Balaban J connectivity index is 1.01. The molecule has 4 heterocycles. The van der Waals surface area contributed by atoms with Crippen LogP contribution in [0.15, 0.2) is 65.7 Å². The number of aromatic nitrogens is 2. The minimum Gasteiger partial charge on any atom is -0.489 e. The number of piperidine rings is 2. The van der Waals surface area contributed by atoms with Crippen molar-refractivity contribution in [2.45, 2.75) is 102 Å². The monoisotopic (exact) mass is 842 g/mol. The quantitative estimate of drug-likeness (QED) is 0.121. The molecule has 14 nitrogen and oxygen atoms in total. The van der Waals surface area contributed by atoms with Crippen LogP contribution in [0.2, 0.25) is 5.02 Å². The molecule has 0 spiro atoms. The number of fused-ring (bicyclic) bond motifs is 1.